The first-order chi connectivity index (χ1) is 9.93. The molecule has 0 bridgehead atoms. The summed E-state index contributed by atoms with van der Waals surface area (Å²) >= 11 is 0. The van der Waals surface area contributed by atoms with E-state index in [1.54, 1.807) is 11.7 Å². The van der Waals surface area contributed by atoms with Crippen molar-refractivity contribution in [1.82, 2.24) is 14.7 Å². The molecule has 1 aliphatic rings. The molecule has 1 saturated heterocycles. The van der Waals surface area contributed by atoms with Crippen LogP contribution in [-0.2, 0) is 7.05 Å². The third-order valence-electron chi connectivity index (χ3n) is 4.15. The first-order valence-corrected chi connectivity index (χ1v) is 7.64. The van der Waals surface area contributed by atoms with Gasteiger partial charge in [-0.2, -0.15) is 5.10 Å². The van der Waals surface area contributed by atoms with Crippen LogP contribution < -0.4 is 5.32 Å². The minimum absolute atomic E-state index is 0.0362. The number of nitrogens with zero attached hydrogens (tertiary/aromatic N) is 4. The number of hydrogen-bond donors (Lipinski definition) is 1. The maximum Gasteiger partial charge on any atom is 0.334 e. The number of nitrogens with one attached hydrogen (secondary N) is 1. The Kier molecular flexibility index (Phi) is 4.82. The van der Waals surface area contributed by atoms with Gasteiger partial charge in [-0.15, -0.1) is 0 Å². The molecule has 118 valence electrons. The smallest absolute Gasteiger partial charge is 0.334 e. The quantitative estimate of drug-likeness (QED) is 0.666. The van der Waals surface area contributed by atoms with E-state index in [1.807, 2.05) is 13.8 Å². The number of rotatable bonds is 5. The first-order valence-electron chi connectivity index (χ1n) is 7.64. The van der Waals surface area contributed by atoms with Crippen LogP contribution in [0.25, 0.3) is 0 Å². The van der Waals surface area contributed by atoms with Gasteiger partial charge in [-0.3, -0.25) is 10.1 Å². The Morgan fingerprint density at radius 1 is 1.43 bits per heavy atom. The van der Waals surface area contributed by atoms with Crippen LogP contribution in [0.4, 0.5) is 11.5 Å². The Morgan fingerprint density at radius 2 is 2.05 bits per heavy atom. The summed E-state index contributed by atoms with van der Waals surface area (Å²) in [6, 6.07) is 0.280. The number of aromatic nitrogens is 2. The number of likely N-dealkylation sites (tertiary alicyclic amines) is 1. The molecule has 1 aromatic heterocycles. The lowest BCUT2D eigenvalue weighted by atomic mass is 10.0. The van der Waals surface area contributed by atoms with E-state index in [-0.39, 0.29) is 22.6 Å². The zero-order valence-corrected chi connectivity index (χ0v) is 13.3. The molecule has 0 spiro atoms. The number of anilines is 1. The Morgan fingerprint density at radius 3 is 2.52 bits per heavy atom. The van der Waals surface area contributed by atoms with Crippen LogP contribution in [0.1, 0.15) is 45.2 Å². The van der Waals surface area contributed by atoms with Crippen LogP contribution in [0, 0.1) is 10.1 Å². The van der Waals surface area contributed by atoms with Crippen molar-refractivity contribution in [2.45, 2.75) is 45.6 Å². The van der Waals surface area contributed by atoms with Crippen LogP contribution >= 0.6 is 0 Å². The highest BCUT2D eigenvalue weighted by Crippen LogP contribution is 2.33. The summed E-state index contributed by atoms with van der Waals surface area (Å²) in [4.78, 5) is 13.5. The number of hydrogen-bond acceptors (Lipinski definition) is 5. The van der Waals surface area contributed by atoms with E-state index in [0.717, 1.165) is 32.5 Å². The normalized spacial score (nSPS) is 17.4. The zero-order valence-electron chi connectivity index (χ0n) is 13.3. The van der Waals surface area contributed by atoms with Crippen molar-refractivity contribution in [3.05, 3.63) is 15.8 Å². The van der Waals surface area contributed by atoms with Crippen molar-refractivity contribution in [1.29, 1.82) is 0 Å². The third kappa shape index (κ3) is 3.34. The molecular weight excluding hydrogens is 270 g/mol. The Hall–Kier alpha value is -1.63. The first kappa shape index (κ1) is 15.8. The number of nitro groups is 1. The predicted octanol–water partition coefficient (Wildman–Crippen LogP) is 2.35. The van der Waals surface area contributed by atoms with Gasteiger partial charge in [0.05, 0.1) is 4.92 Å². The van der Waals surface area contributed by atoms with Crippen LogP contribution in [0.15, 0.2) is 0 Å². The topological polar surface area (TPSA) is 76.2 Å². The Labute approximate surface area is 125 Å². The second-order valence-electron chi connectivity index (χ2n) is 5.97. The molecule has 7 heteroatoms. The van der Waals surface area contributed by atoms with Crippen molar-refractivity contribution in [2.24, 2.45) is 7.05 Å². The molecule has 21 heavy (non-hydrogen) atoms. The molecule has 7 nitrogen and oxygen atoms in total. The van der Waals surface area contributed by atoms with Gasteiger partial charge in [0.25, 0.3) is 0 Å². The highest BCUT2D eigenvalue weighted by molar-refractivity contribution is 5.61. The summed E-state index contributed by atoms with van der Waals surface area (Å²) in [6.07, 6.45) is 2.01. The SMILES string of the molecule is CCN1CCC(Nc2c([N+](=O)[O-])c(C(C)C)nn2C)CC1. The minimum atomic E-state index is -0.314. The van der Waals surface area contributed by atoms with Crippen molar-refractivity contribution in [3.8, 4) is 0 Å². The van der Waals surface area contributed by atoms with Gasteiger partial charge >= 0.3 is 5.69 Å². The summed E-state index contributed by atoms with van der Waals surface area (Å²) in [5, 5.41) is 19.1. The maximum atomic E-state index is 11.4. The molecule has 0 aromatic carbocycles. The molecule has 0 saturated carbocycles. The number of aryl methyl sites for hydroxylation is 1. The van der Waals surface area contributed by atoms with Crippen LogP contribution in [0.3, 0.4) is 0 Å². The fourth-order valence-electron chi connectivity index (χ4n) is 2.85. The van der Waals surface area contributed by atoms with E-state index in [9.17, 15) is 10.1 Å². The fourth-order valence-corrected chi connectivity index (χ4v) is 2.85. The van der Waals surface area contributed by atoms with Gasteiger partial charge < -0.3 is 10.2 Å². The summed E-state index contributed by atoms with van der Waals surface area (Å²) in [6.45, 7) is 9.16. The van der Waals surface area contributed by atoms with E-state index in [4.69, 9.17) is 0 Å². The Bertz CT molecular complexity index is 504. The van der Waals surface area contributed by atoms with Gasteiger partial charge in [0, 0.05) is 32.1 Å². The standard InChI is InChI=1S/C14H25N5O2/c1-5-18-8-6-11(7-9-18)15-14-13(19(20)21)12(10(2)3)16-17(14)4/h10-11,15H,5-9H2,1-4H3. The molecule has 0 aliphatic carbocycles. The molecule has 1 aliphatic heterocycles. The highest BCUT2D eigenvalue weighted by Gasteiger charge is 2.30. The van der Waals surface area contributed by atoms with Crippen molar-refractivity contribution in [3.63, 3.8) is 0 Å². The lowest BCUT2D eigenvalue weighted by Crippen LogP contribution is -2.39. The maximum absolute atomic E-state index is 11.4. The summed E-state index contributed by atoms with van der Waals surface area (Å²) < 4.78 is 1.61. The van der Waals surface area contributed by atoms with E-state index >= 15 is 0 Å². The summed E-state index contributed by atoms with van der Waals surface area (Å²) in [7, 11) is 1.77. The Balaban J connectivity index is 2.18. The van der Waals surface area contributed by atoms with Crippen LogP contribution in [0.2, 0.25) is 0 Å². The van der Waals surface area contributed by atoms with Crippen LogP contribution in [-0.4, -0.2) is 45.3 Å². The van der Waals surface area contributed by atoms with Gasteiger partial charge in [0.1, 0.15) is 5.69 Å². The fraction of sp³-hybridized carbons (Fsp3) is 0.786. The average Bonchev–Trinajstić information content (AvgIpc) is 2.77. The lowest BCUT2D eigenvalue weighted by Gasteiger charge is -2.31. The largest absolute Gasteiger partial charge is 0.362 e. The molecule has 2 rings (SSSR count). The van der Waals surface area contributed by atoms with Gasteiger partial charge in [0.2, 0.25) is 5.82 Å². The molecule has 1 fully saturated rings. The van der Waals surface area contributed by atoms with Crippen LogP contribution in [0.5, 0.6) is 0 Å². The van der Waals surface area contributed by atoms with E-state index < -0.39 is 0 Å². The molecule has 0 radical (unpaired) electrons. The molecule has 2 heterocycles. The monoisotopic (exact) mass is 295 g/mol. The molecule has 1 N–H and O–H groups in total. The van der Waals surface area contributed by atoms with E-state index in [0.29, 0.717) is 11.5 Å². The van der Waals surface area contributed by atoms with Crippen molar-refractivity contribution < 1.29 is 4.92 Å². The lowest BCUT2D eigenvalue weighted by molar-refractivity contribution is -0.384. The molecule has 0 atom stereocenters. The van der Waals surface area contributed by atoms with Gasteiger partial charge in [0.15, 0.2) is 0 Å². The number of piperidine rings is 1. The van der Waals surface area contributed by atoms with Gasteiger partial charge in [-0.25, -0.2) is 4.68 Å². The van der Waals surface area contributed by atoms with Crippen molar-refractivity contribution >= 4 is 11.5 Å². The van der Waals surface area contributed by atoms with Gasteiger partial charge in [-0.05, 0) is 19.4 Å². The molecular formula is C14H25N5O2. The van der Waals surface area contributed by atoms with Crippen molar-refractivity contribution in [2.75, 3.05) is 25.0 Å². The summed E-state index contributed by atoms with van der Waals surface area (Å²) in [5.74, 6) is 0.577. The summed E-state index contributed by atoms with van der Waals surface area (Å²) in [5.41, 5.74) is 0.682. The minimum Gasteiger partial charge on any atom is -0.362 e. The third-order valence-corrected chi connectivity index (χ3v) is 4.15. The molecule has 1 aromatic rings. The highest BCUT2D eigenvalue weighted by atomic mass is 16.6. The average molecular weight is 295 g/mol. The predicted molar refractivity (Wildman–Crippen MR) is 82.7 cm³/mol. The second kappa shape index (κ2) is 6.43. The van der Waals surface area contributed by atoms with E-state index in [2.05, 4.69) is 22.2 Å². The van der Waals surface area contributed by atoms with Gasteiger partial charge in [-0.1, -0.05) is 20.8 Å². The van der Waals surface area contributed by atoms with E-state index in [1.165, 1.54) is 0 Å². The second-order valence-corrected chi connectivity index (χ2v) is 5.97. The molecule has 0 amide bonds. The zero-order chi connectivity index (χ0) is 15.6. The molecule has 0 unspecified atom stereocenters.